The van der Waals surface area contributed by atoms with Gasteiger partial charge in [-0.05, 0) is 12.8 Å². The van der Waals surface area contributed by atoms with Gasteiger partial charge in [0.05, 0.1) is 0 Å². The fraction of sp³-hybridized carbons (Fsp3) is 0.667. The van der Waals surface area contributed by atoms with Crippen LogP contribution in [0.4, 0.5) is 0 Å². The van der Waals surface area contributed by atoms with E-state index >= 15 is 0 Å². The number of likely N-dealkylation sites (tertiary alicyclic amines) is 1. The van der Waals surface area contributed by atoms with E-state index in [0.717, 1.165) is 32.5 Å². The molecule has 1 fully saturated rings. The second kappa shape index (κ2) is 4.93. The monoisotopic (exact) mass is 169 g/mol. The third-order valence-corrected chi connectivity index (χ3v) is 2.16. The zero-order valence-electron chi connectivity index (χ0n) is 7.29. The first kappa shape index (κ1) is 9.26. The molecule has 0 spiro atoms. The van der Waals surface area contributed by atoms with Crippen LogP contribution < -0.4 is 0 Å². The number of nitrogens with zero attached hydrogens (tertiary/aromatic N) is 1. The van der Waals surface area contributed by atoms with Crippen molar-refractivity contribution in [3.8, 4) is 0 Å². The van der Waals surface area contributed by atoms with Crippen LogP contribution in [-0.2, 0) is 9.53 Å². The summed E-state index contributed by atoms with van der Waals surface area (Å²) < 4.78 is 4.62. The van der Waals surface area contributed by atoms with Gasteiger partial charge in [-0.3, -0.25) is 9.69 Å². The molecule has 0 saturated carbocycles. The quantitative estimate of drug-likeness (QED) is 0.354. The number of hydrogen-bond acceptors (Lipinski definition) is 3. The van der Waals surface area contributed by atoms with Crippen LogP contribution in [0.15, 0.2) is 12.2 Å². The fourth-order valence-electron chi connectivity index (χ4n) is 1.32. The molecule has 0 atom stereocenters. The summed E-state index contributed by atoms with van der Waals surface area (Å²) in [5.41, 5.74) is 1.34. The molecule has 0 N–H and O–H groups in total. The Labute approximate surface area is 73.0 Å². The van der Waals surface area contributed by atoms with E-state index in [2.05, 4.69) is 16.2 Å². The summed E-state index contributed by atoms with van der Waals surface area (Å²) >= 11 is 0. The molecule has 0 aromatic rings. The fourth-order valence-corrected chi connectivity index (χ4v) is 1.32. The Morgan fingerprint density at radius 1 is 1.50 bits per heavy atom. The smallest absolute Gasteiger partial charge is 0.293 e. The maximum atomic E-state index is 9.84. The van der Waals surface area contributed by atoms with Gasteiger partial charge < -0.3 is 4.74 Å². The molecule has 1 aliphatic rings. The largest absolute Gasteiger partial charge is 0.467 e. The predicted molar refractivity (Wildman–Crippen MR) is 46.8 cm³/mol. The van der Waals surface area contributed by atoms with Crippen molar-refractivity contribution < 1.29 is 9.53 Å². The van der Waals surface area contributed by atoms with Crippen molar-refractivity contribution in [2.75, 3.05) is 26.2 Å². The van der Waals surface area contributed by atoms with Crippen LogP contribution in [0.2, 0.25) is 0 Å². The number of carbonyl (C=O) groups is 1. The highest BCUT2D eigenvalue weighted by molar-refractivity contribution is 5.36. The second-order valence-electron chi connectivity index (χ2n) is 3.06. The standard InChI is InChI=1S/C9H15NO2/c1-9-2-4-10(5-3-9)6-7-12-8-11/h8H,1-7H2. The van der Waals surface area contributed by atoms with Crippen molar-refractivity contribution in [3.63, 3.8) is 0 Å². The Hall–Kier alpha value is -0.830. The number of rotatable bonds is 4. The minimum Gasteiger partial charge on any atom is -0.467 e. The summed E-state index contributed by atoms with van der Waals surface area (Å²) in [5, 5.41) is 0. The minimum absolute atomic E-state index is 0.503. The van der Waals surface area contributed by atoms with Gasteiger partial charge in [-0.1, -0.05) is 12.2 Å². The van der Waals surface area contributed by atoms with E-state index in [-0.39, 0.29) is 0 Å². The minimum atomic E-state index is 0.503. The molecule has 1 aliphatic heterocycles. The second-order valence-corrected chi connectivity index (χ2v) is 3.06. The summed E-state index contributed by atoms with van der Waals surface area (Å²) in [6.45, 7) is 7.91. The molecule has 0 unspecified atom stereocenters. The number of piperidine rings is 1. The van der Waals surface area contributed by atoms with E-state index in [0.29, 0.717) is 13.1 Å². The molecule has 1 saturated heterocycles. The lowest BCUT2D eigenvalue weighted by Crippen LogP contribution is -2.33. The van der Waals surface area contributed by atoms with Crippen molar-refractivity contribution >= 4 is 6.47 Å². The Kier molecular flexibility index (Phi) is 3.80. The first-order valence-corrected chi connectivity index (χ1v) is 4.27. The highest BCUT2D eigenvalue weighted by Crippen LogP contribution is 2.12. The van der Waals surface area contributed by atoms with Gasteiger partial charge in [-0.15, -0.1) is 0 Å². The molecule has 3 heteroatoms. The highest BCUT2D eigenvalue weighted by atomic mass is 16.5. The topological polar surface area (TPSA) is 29.5 Å². The molecule has 68 valence electrons. The van der Waals surface area contributed by atoms with E-state index in [1.807, 2.05) is 0 Å². The molecule has 1 rings (SSSR count). The molecule has 0 radical (unpaired) electrons. The summed E-state index contributed by atoms with van der Waals surface area (Å²) in [4.78, 5) is 12.1. The molecular formula is C9H15NO2. The van der Waals surface area contributed by atoms with Crippen LogP contribution in [0.3, 0.4) is 0 Å². The summed E-state index contributed by atoms with van der Waals surface area (Å²) in [7, 11) is 0. The lowest BCUT2D eigenvalue weighted by atomic mass is 10.1. The van der Waals surface area contributed by atoms with Crippen LogP contribution in [0.5, 0.6) is 0 Å². The highest BCUT2D eigenvalue weighted by Gasteiger charge is 2.11. The molecule has 0 aromatic carbocycles. The van der Waals surface area contributed by atoms with Crippen LogP contribution >= 0.6 is 0 Å². The van der Waals surface area contributed by atoms with Gasteiger partial charge in [-0.2, -0.15) is 0 Å². The lowest BCUT2D eigenvalue weighted by molar-refractivity contribution is -0.129. The van der Waals surface area contributed by atoms with Crippen molar-refractivity contribution in [2.45, 2.75) is 12.8 Å². The SMILES string of the molecule is C=C1CCN(CCOC=O)CC1. The average molecular weight is 169 g/mol. The zero-order valence-corrected chi connectivity index (χ0v) is 7.29. The molecule has 0 bridgehead atoms. The average Bonchev–Trinajstić information content (AvgIpc) is 2.09. The van der Waals surface area contributed by atoms with E-state index in [1.165, 1.54) is 5.57 Å². The van der Waals surface area contributed by atoms with Gasteiger partial charge in [0.25, 0.3) is 6.47 Å². The van der Waals surface area contributed by atoms with Gasteiger partial charge in [0.2, 0.25) is 0 Å². The van der Waals surface area contributed by atoms with Crippen molar-refractivity contribution in [1.29, 1.82) is 0 Å². The van der Waals surface area contributed by atoms with Crippen LogP contribution in [0.25, 0.3) is 0 Å². The molecule has 0 aromatic heterocycles. The van der Waals surface area contributed by atoms with Gasteiger partial charge in [0.1, 0.15) is 6.61 Å². The van der Waals surface area contributed by atoms with Crippen LogP contribution in [0.1, 0.15) is 12.8 Å². The zero-order chi connectivity index (χ0) is 8.81. The number of ether oxygens (including phenoxy) is 1. The van der Waals surface area contributed by atoms with E-state index in [9.17, 15) is 4.79 Å². The van der Waals surface area contributed by atoms with Gasteiger partial charge in [-0.25, -0.2) is 0 Å². The first-order valence-electron chi connectivity index (χ1n) is 4.27. The van der Waals surface area contributed by atoms with Crippen molar-refractivity contribution in [1.82, 2.24) is 4.90 Å². The molecule has 12 heavy (non-hydrogen) atoms. The summed E-state index contributed by atoms with van der Waals surface area (Å²) in [5.74, 6) is 0. The Morgan fingerprint density at radius 3 is 2.75 bits per heavy atom. The van der Waals surface area contributed by atoms with Crippen molar-refractivity contribution in [2.24, 2.45) is 0 Å². The molecular weight excluding hydrogens is 154 g/mol. The summed E-state index contributed by atoms with van der Waals surface area (Å²) in [6.07, 6.45) is 2.17. The Morgan fingerprint density at radius 2 is 2.17 bits per heavy atom. The van der Waals surface area contributed by atoms with Gasteiger partial charge in [0.15, 0.2) is 0 Å². The van der Waals surface area contributed by atoms with Gasteiger partial charge in [0, 0.05) is 19.6 Å². The number of carbonyl (C=O) groups excluding carboxylic acids is 1. The first-order chi connectivity index (χ1) is 5.83. The lowest BCUT2D eigenvalue weighted by Gasteiger charge is -2.27. The maximum absolute atomic E-state index is 9.84. The third-order valence-electron chi connectivity index (χ3n) is 2.16. The summed E-state index contributed by atoms with van der Waals surface area (Å²) in [6, 6.07) is 0. The van der Waals surface area contributed by atoms with E-state index < -0.39 is 0 Å². The normalized spacial score (nSPS) is 19.2. The van der Waals surface area contributed by atoms with Crippen LogP contribution in [-0.4, -0.2) is 37.6 Å². The maximum Gasteiger partial charge on any atom is 0.293 e. The third kappa shape index (κ3) is 3.05. The number of hydrogen-bond donors (Lipinski definition) is 0. The molecule has 0 amide bonds. The van der Waals surface area contributed by atoms with Gasteiger partial charge >= 0.3 is 0 Å². The molecule has 3 nitrogen and oxygen atoms in total. The Balaban J connectivity index is 2.09. The van der Waals surface area contributed by atoms with Crippen LogP contribution in [0, 0.1) is 0 Å². The van der Waals surface area contributed by atoms with Crippen molar-refractivity contribution in [3.05, 3.63) is 12.2 Å². The predicted octanol–water partition coefficient (Wildman–Crippen LogP) is 0.811. The van der Waals surface area contributed by atoms with E-state index in [4.69, 9.17) is 0 Å². The molecule has 0 aliphatic carbocycles. The Bertz CT molecular complexity index is 158. The van der Waals surface area contributed by atoms with E-state index in [1.54, 1.807) is 0 Å². The molecule has 1 heterocycles.